The summed E-state index contributed by atoms with van der Waals surface area (Å²) in [5, 5.41) is 9.01. The molecule has 0 saturated carbocycles. The van der Waals surface area contributed by atoms with Crippen molar-refractivity contribution in [2.75, 3.05) is 26.8 Å². The number of para-hydroxylation sites is 1. The zero-order chi connectivity index (χ0) is 27.6. The largest absolute Gasteiger partial charge is 0.478 e. The van der Waals surface area contributed by atoms with Gasteiger partial charge in [-0.15, -0.1) is 0 Å². The molecule has 0 spiro atoms. The Kier molecular flexibility index (Phi) is 7.72. The Hall–Kier alpha value is -3.69. The van der Waals surface area contributed by atoms with Gasteiger partial charge in [-0.1, -0.05) is 18.2 Å². The van der Waals surface area contributed by atoms with Crippen molar-refractivity contribution in [1.82, 2.24) is 14.5 Å². The van der Waals surface area contributed by atoms with Crippen molar-refractivity contribution >= 4 is 12.0 Å². The fraction of sp³-hybridized carbons (Fsp3) is 0.400. The van der Waals surface area contributed by atoms with Gasteiger partial charge in [-0.3, -0.25) is 4.90 Å². The first-order valence-corrected chi connectivity index (χ1v) is 13.2. The second kappa shape index (κ2) is 11.2. The van der Waals surface area contributed by atoms with Gasteiger partial charge >= 0.3 is 5.97 Å². The second-order valence-corrected chi connectivity index (χ2v) is 10.3. The summed E-state index contributed by atoms with van der Waals surface area (Å²) >= 11 is 0. The summed E-state index contributed by atoms with van der Waals surface area (Å²) in [6.07, 6.45) is 6.25. The molecule has 8 nitrogen and oxygen atoms in total. The average Bonchev–Trinajstić information content (AvgIpc) is 3.46. The van der Waals surface area contributed by atoms with Gasteiger partial charge in [-0.25, -0.2) is 14.2 Å². The second-order valence-electron chi connectivity index (χ2n) is 10.3. The molecular weight excluding hydrogens is 501 g/mol. The number of likely N-dealkylation sites (tertiary alicyclic amines) is 1. The lowest BCUT2D eigenvalue weighted by Crippen LogP contribution is -2.34. The van der Waals surface area contributed by atoms with E-state index in [1.54, 1.807) is 32.4 Å². The van der Waals surface area contributed by atoms with Crippen LogP contribution in [0.1, 0.15) is 53.9 Å². The van der Waals surface area contributed by atoms with Crippen LogP contribution < -0.4 is 9.47 Å². The van der Waals surface area contributed by atoms with E-state index >= 15 is 0 Å². The highest BCUT2D eigenvalue weighted by molar-refractivity contribution is 5.84. The number of methoxy groups -OCH3 is 1. The quantitative estimate of drug-likeness (QED) is 0.382. The number of aliphatic carboxylic acids is 1. The summed E-state index contributed by atoms with van der Waals surface area (Å²) in [7, 11) is 1.64. The van der Waals surface area contributed by atoms with Crippen LogP contribution in [-0.4, -0.2) is 52.3 Å². The molecule has 0 bridgehead atoms. The molecule has 39 heavy (non-hydrogen) atoms. The molecular formula is C30H34FN3O5. The van der Waals surface area contributed by atoms with Crippen molar-refractivity contribution in [3.63, 3.8) is 0 Å². The molecule has 1 fully saturated rings. The molecule has 1 aromatic heterocycles. The van der Waals surface area contributed by atoms with Gasteiger partial charge in [-0.05, 0) is 68.6 Å². The summed E-state index contributed by atoms with van der Waals surface area (Å²) in [6.45, 7) is 7.12. The molecule has 1 atom stereocenters. The number of hydrogen-bond acceptors (Lipinski definition) is 6. The predicted molar refractivity (Wildman–Crippen MR) is 144 cm³/mol. The highest BCUT2D eigenvalue weighted by atomic mass is 19.1. The molecule has 3 aromatic rings. The minimum Gasteiger partial charge on any atom is -0.478 e. The number of carboxylic acids is 1. The van der Waals surface area contributed by atoms with Crippen LogP contribution in [0.2, 0.25) is 0 Å². The SMILES string of the molecule is COCCn1c(/C=C/C(=O)O)cnc1CN1CCC(c2cccc3c2OC(C)(c2ccc(C)cc2F)O3)CC1. The summed E-state index contributed by atoms with van der Waals surface area (Å²) in [5.41, 5.74) is 3.05. The molecule has 2 aliphatic rings. The molecule has 9 heteroatoms. The predicted octanol–water partition coefficient (Wildman–Crippen LogP) is 5.10. The van der Waals surface area contributed by atoms with Gasteiger partial charge in [0.15, 0.2) is 11.5 Å². The minimum absolute atomic E-state index is 0.285. The van der Waals surface area contributed by atoms with Gasteiger partial charge in [0.05, 0.1) is 30.6 Å². The first-order valence-electron chi connectivity index (χ1n) is 13.2. The van der Waals surface area contributed by atoms with Gasteiger partial charge in [0, 0.05) is 32.2 Å². The van der Waals surface area contributed by atoms with Crippen LogP contribution in [0.4, 0.5) is 4.39 Å². The number of aromatic nitrogens is 2. The summed E-state index contributed by atoms with van der Waals surface area (Å²) in [5.74, 6) is -0.0583. The number of rotatable bonds is 9. The number of halogens is 1. The third-order valence-corrected chi connectivity index (χ3v) is 7.50. The van der Waals surface area contributed by atoms with E-state index in [9.17, 15) is 9.18 Å². The van der Waals surface area contributed by atoms with Crippen molar-refractivity contribution < 1.29 is 28.5 Å². The van der Waals surface area contributed by atoms with Crippen LogP contribution >= 0.6 is 0 Å². The Morgan fingerprint density at radius 1 is 1.26 bits per heavy atom. The number of imidazole rings is 1. The fourth-order valence-electron chi connectivity index (χ4n) is 5.46. The lowest BCUT2D eigenvalue weighted by Gasteiger charge is -2.32. The molecule has 3 heterocycles. The fourth-order valence-corrected chi connectivity index (χ4v) is 5.46. The highest BCUT2D eigenvalue weighted by Crippen LogP contribution is 2.49. The first-order chi connectivity index (χ1) is 18.8. The van der Waals surface area contributed by atoms with Gasteiger partial charge in [0.2, 0.25) is 0 Å². The van der Waals surface area contributed by atoms with Crippen LogP contribution in [0.5, 0.6) is 11.5 Å². The molecule has 5 rings (SSSR count). The van der Waals surface area contributed by atoms with Gasteiger partial charge in [0.1, 0.15) is 11.6 Å². The lowest BCUT2D eigenvalue weighted by molar-refractivity contribution is -0.131. The number of benzene rings is 2. The Morgan fingerprint density at radius 3 is 2.77 bits per heavy atom. The number of hydrogen-bond donors (Lipinski definition) is 1. The molecule has 0 amide bonds. The van der Waals surface area contributed by atoms with E-state index in [2.05, 4.69) is 16.0 Å². The molecule has 1 unspecified atom stereocenters. The number of carbonyl (C=O) groups is 1. The van der Waals surface area contributed by atoms with Crippen LogP contribution in [0.25, 0.3) is 6.08 Å². The van der Waals surface area contributed by atoms with Crippen molar-refractivity contribution in [3.8, 4) is 11.5 Å². The maximum atomic E-state index is 14.8. The number of fused-ring (bicyclic) bond motifs is 1. The van der Waals surface area contributed by atoms with Gasteiger partial charge < -0.3 is 23.9 Å². The lowest BCUT2D eigenvalue weighted by atomic mass is 9.88. The Morgan fingerprint density at radius 2 is 2.05 bits per heavy atom. The molecule has 2 aliphatic heterocycles. The van der Waals surface area contributed by atoms with Crippen LogP contribution in [0, 0.1) is 12.7 Å². The van der Waals surface area contributed by atoms with E-state index in [4.69, 9.17) is 19.3 Å². The first kappa shape index (κ1) is 26.9. The number of piperidine rings is 1. The van der Waals surface area contributed by atoms with Crippen molar-refractivity contribution in [1.29, 1.82) is 0 Å². The van der Waals surface area contributed by atoms with Crippen molar-refractivity contribution in [2.45, 2.75) is 51.5 Å². The van der Waals surface area contributed by atoms with E-state index in [0.29, 0.717) is 36.8 Å². The van der Waals surface area contributed by atoms with Gasteiger partial charge in [-0.2, -0.15) is 0 Å². The molecule has 206 valence electrons. The molecule has 1 saturated heterocycles. The minimum atomic E-state index is -1.22. The number of nitrogens with zero attached hydrogens (tertiary/aromatic N) is 3. The summed E-state index contributed by atoms with van der Waals surface area (Å²) in [6, 6.07) is 11.0. The third-order valence-electron chi connectivity index (χ3n) is 7.50. The molecule has 0 aliphatic carbocycles. The van der Waals surface area contributed by atoms with Gasteiger partial charge in [0.25, 0.3) is 5.79 Å². The number of carboxylic acid groups (broad SMARTS) is 1. The maximum Gasteiger partial charge on any atom is 0.328 e. The average molecular weight is 536 g/mol. The smallest absolute Gasteiger partial charge is 0.328 e. The van der Waals surface area contributed by atoms with Crippen LogP contribution in [0.3, 0.4) is 0 Å². The zero-order valence-electron chi connectivity index (χ0n) is 22.5. The topological polar surface area (TPSA) is 86.0 Å². The Bertz CT molecular complexity index is 1380. The molecule has 1 N–H and O–H groups in total. The summed E-state index contributed by atoms with van der Waals surface area (Å²) in [4.78, 5) is 17.9. The zero-order valence-corrected chi connectivity index (χ0v) is 22.5. The highest BCUT2D eigenvalue weighted by Gasteiger charge is 2.42. The molecule has 2 aromatic carbocycles. The van der Waals surface area contributed by atoms with E-state index in [0.717, 1.165) is 54.7 Å². The van der Waals surface area contributed by atoms with Crippen LogP contribution in [0.15, 0.2) is 48.7 Å². The van der Waals surface area contributed by atoms with E-state index < -0.39 is 11.8 Å². The molecule has 0 radical (unpaired) electrons. The van der Waals surface area contributed by atoms with E-state index in [1.165, 1.54) is 6.07 Å². The number of aryl methyl sites for hydroxylation is 1. The monoisotopic (exact) mass is 535 g/mol. The maximum absolute atomic E-state index is 14.8. The third kappa shape index (κ3) is 5.69. The Labute approximate surface area is 227 Å². The summed E-state index contributed by atoms with van der Waals surface area (Å²) < 4.78 is 34.6. The normalized spacial score (nSPS) is 19.7. The number of ether oxygens (including phenoxy) is 3. The van der Waals surface area contributed by atoms with Crippen molar-refractivity contribution in [3.05, 3.63) is 82.7 Å². The van der Waals surface area contributed by atoms with Crippen molar-refractivity contribution in [2.24, 2.45) is 0 Å². The van der Waals surface area contributed by atoms with E-state index in [1.807, 2.05) is 29.7 Å². The van der Waals surface area contributed by atoms with E-state index in [-0.39, 0.29) is 11.7 Å². The van der Waals surface area contributed by atoms with Crippen LogP contribution in [-0.2, 0) is 28.4 Å². The standard InChI is InChI=1S/C30H34FN3O5/c1-20-7-9-24(25(31)17-20)30(2)38-26-6-4-5-23(29(26)39-30)21-11-13-33(14-12-21)19-27-32-18-22(8-10-28(35)36)34(27)15-16-37-3/h4-10,17-18,21H,11-16,19H2,1-3H3,(H,35,36)/b10-8+. The Balaban J connectivity index is 1.27.